The number of aromatic nitrogens is 1. The van der Waals surface area contributed by atoms with Crippen LogP contribution < -0.4 is 0 Å². The van der Waals surface area contributed by atoms with Crippen molar-refractivity contribution in [2.75, 3.05) is 0 Å². The van der Waals surface area contributed by atoms with Crippen LogP contribution in [0.4, 0.5) is 10.1 Å². The van der Waals surface area contributed by atoms with Gasteiger partial charge in [0.2, 0.25) is 0 Å². The highest BCUT2D eigenvalue weighted by atomic mass is 19.1. The predicted octanol–water partition coefficient (Wildman–Crippen LogP) is 2.52. The number of aryl methyl sites for hydroxylation is 1. The van der Waals surface area contributed by atoms with E-state index in [1.165, 1.54) is 0 Å². The van der Waals surface area contributed by atoms with Crippen LogP contribution in [-0.2, 0) is 0 Å². The number of nitro groups is 1. The maximum atomic E-state index is 13.2. The molecule has 0 radical (unpaired) electrons. The lowest BCUT2D eigenvalue weighted by molar-refractivity contribution is -0.383. The van der Waals surface area contributed by atoms with Crippen molar-refractivity contribution in [3.8, 4) is 0 Å². The van der Waals surface area contributed by atoms with Gasteiger partial charge in [0.15, 0.2) is 0 Å². The summed E-state index contributed by atoms with van der Waals surface area (Å²) in [6, 6.07) is 3.82. The molecule has 0 spiro atoms. The lowest BCUT2D eigenvalue weighted by atomic mass is 10.2. The molecule has 0 saturated heterocycles. The smallest absolute Gasteiger partial charge is 0.293 e. The second-order valence-electron chi connectivity index (χ2n) is 3.06. The Bertz CT molecular complexity index is 519. The summed E-state index contributed by atoms with van der Waals surface area (Å²) in [7, 11) is 0. The highest BCUT2D eigenvalue weighted by Crippen LogP contribution is 2.27. The van der Waals surface area contributed by atoms with Crippen LogP contribution >= 0.6 is 0 Å². The van der Waals surface area contributed by atoms with E-state index < -0.39 is 10.7 Å². The maximum Gasteiger partial charge on any atom is 0.293 e. The molecule has 0 amide bonds. The second kappa shape index (κ2) is 2.80. The summed E-state index contributed by atoms with van der Waals surface area (Å²) in [4.78, 5) is 12.8. The Balaban J connectivity index is 2.87. The molecule has 14 heavy (non-hydrogen) atoms. The highest BCUT2D eigenvalue weighted by molar-refractivity contribution is 5.88. The Kier molecular flexibility index (Phi) is 1.73. The third-order valence-corrected chi connectivity index (χ3v) is 2.05. The van der Waals surface area contributed by atoms with Crippen LogP contribution in [0.2, 0.25) is 0 Å². The number of nitrogens with zero attached hydrogens (tertiary/aromatic N) is 1. The van der Waals surface area contributed by atoms with E-state index in [0.29, 0.717) is 5.69 Å². The molecule has 0 aliphatic rings. The lowest BCUT2D eigenvalue weighted by Crippen LogP contribution is -1.90. The molecular weight excluding hydrogens is 187 g/mol. The first-order valence-electron chi connectivity index (χ1n) is 4.02. The fraction of sp³-hybridized carbons (Fsp3) is 0.111. The molecule has 0 bridgehead atoms. The van der Waals surface area contributed by atoms with Gasteiger partial charge in [0.1, 0.15) is 11.3 Å². The molecule has 1 N–H and O–H groups in total. The molecule has 0 unspecified atom stereocenters. The van der Waals surface area contributed by atoms with Crippen LogP contribution in [0.25, 0.3) is 10.9 Å². The number of nitro benzene ring substituents is 1. The van der Waals surface area contributed by atoms with Crippen molar-refractivity contribution in [3.05, 3.63) is 39.8 Å². The van der Waals surface area contributed by atoms with Gasteiger partial charge < -0.3 is 4.98 Å². The summed E-state index contributed by atoms with van der Waals surface area (Å²) in [6.45, 7) is 1.73. The molecule has 0 aliphatic carbocycles. The van der Waals surface area contributed by atoms with E-state index in [2.05, 4.69) is 4.98 Å². The average Bonchev–Trinajstić information content (AvgIpc) is 2.47. The van der Waals surface area contributed by atoms with Crippen LogP contribution in [0.3, 0.4) is 0 Å². The molecule has 72 valence electrons. The number of aromatic amines is 1. The van der Waals surface area contributed by atoms with E-state index in [4.69, 9.17) is 0 Å². The van der Waals surface area contributed by atoms with Crippen LogP contribution in [0.5, 0.6) is 0 Å². The molecule has 2 aromatic rings. The van der Waals surface area contributed by atoms with Crippen molar-refractivity contribution in [2.45, 2.75) is 6.92 Å². The Hall–Kier alpha value is -1.91. The molecule has 1 heterocycles. The monoisotopic (exact) mass is 194 g/mol. The van der Waals surface area contributed by atoms with Gasteiger partial charge >= 0.3 is 0 Å². The Morgan fingerprint density at radius 2 is 2.21 bits per heavy atom. The van der Waals surface area contributed by atoms with Gasteiger partial charge in [0, 0.05) is 17.1 Å². The Morgan fingerprint density at radius 3 is 2.86 bits per heavy atom. The van der Waals surface area contributed by atoms with Gasteiger partial charge in [-0.15, -0.1) is 0 Å². The van der Waals surface area contributed by atoms with Gasteiger partial charge in [-0.25, -0.2) is 4.39 Å². The average molecular weight is 194 g/mol. The largest absolute Gasteiger partial charge is 0.353 e. The standard InChI is InChI=1S/C9H7FN2O2/c1-5-4-6-7(10)2-3-8(12(13)14)9(6)11-5/h2-4,11H,1H3. The van der Waals surface area contributed by atoms with Crippen molar-refractivity contribution in [2.24, 2.45) is 0 Å². The number of hydrogen-bond donors (Lipinski definition) is 1. The zero-order valence-corrected chi connectivity index (χ0v) is 7.37. The third kappa shape index (κ3) is 1.14. The van der Waals surface area contributed by atoms with Gasteiger partial charge in [-0.1, -0.05) is 0 Å². The van der Waals surface area contributed by atoms with Crippen molar-refractivity contribution in [1.82, 2.24) is 4.98 Å². The first kappa shape index (κ1) is 8.68. The third-order valence-electron chi connectivity index (χ3n) is 2.05. The van der Waals surface area contributed by atoms with Crippen molar-refractivity contribution >= 4 is 16.6 Å². The summed E-state index contributed by atoms with van der Waals surface area (Å²) in [5, 5.41) is 10.9. The van der Waals surface area contributed by atoms with E-state index in [0.717, 1.165) is 12.1 Å². The SMILES string of the molecule is Cc1cc2c(F)ccc([N+](=O)[O-])c2[nH]1. The number of halogens is 1. The molecule has 1 aromatic carbocycles. The van der Waals surface area contributed by atoms with E-state index in [-0.39, 0.29) is 16.6 Å². The molecule has 1 aromatic heterocycles. The minimum absolute atomic E-state index is 0.102. The van der Waals surface area contributed by atoms with Crippen LogP contribution in [0.15, 0.2) is 18.2 Å². The number of fused-ring (bicyclic) bond motifs is 1. The van der Waals surface area contributed by atoms with Crippen LogP contribution in [-0.4, -0.2) is 9.91 Å². The number of hydrogen-bond acceptors (Lipinski definition) is 2. The minimum atomic E-state index is -0.530. The highest BCUT2D eigenvalue weighted by Gasteiger charge is 2.15. The van der Waals surface area contributed by atoms with Gasteiger partial charge in [-0.2, -0.15) is 0 Å². The second-order valence-corrected chi connectivity index (χ2v) is 3.06. The molecule has 2 rings (SSSR count). The zero-order valence-electron chi connectivity index (χ0n) is 7.37. The first-order chi connectivity index (χ1) is 6.59. The number of non-ortho nitro benzene ring substituents is 1. The van der Waals surface area contributed by atoms with Gasteiger partial charge in [0.05, 0.1) is 4.92 Å². The number of H-pyrrole nitrogens is 1. The number of rotatable bonds is 1. The van der Waals surface area contributed by atoms with Crippen molar-refractivity contribution in [1.29, 1.82) is 0 Å². The van der Waals surface area contributed by atoms with E-state index in [1.807, 2.05) is 0 Å². The quantitative estimate of drug-likeness (QED) is 0.560. The van der Waals surface area contributed by atoms with Crippen LogP contribution in [0.1, 0.15) is 5.69 Å². The molecule has 0 fully saturated rings. The zero-order chi connectivity index (χ0) is 10.3. The first-order valence-corrected chi connectivity index (χ1v) is 4.02. The fourth-order valence-corrected chi connectivity index (χ4v) is 1.46. The fourth-order valence-electron chi connectivity index (χ4n) is 1.46. The summed E-state index contributed by atoms with van der Waals surface area (Å²) < 4.78 is 13.2. The lowest BCUT2D eigenvalue weighted by Gasteiger charge is -1.94. The van der Waals surface area contributed by atoms with E-state index in [1.54, 1.807) is 13.0 Å². The van der Waals surface area contributed by atoms with Gasteiger partial charge in [-0.05, 0) is 19.1 Å². The van der Waals surface area contributed by atoms with Crippen molar-refractivity contribution in [3.63, 3.8) is 0 Å². The predicted molar refractivity (Wildman–Crippen MR) is 49.6 cm³/mol. The van der Waals surface area contributed by atoms with Crippen molar-refractivity contribution < 1.29 is 9.31 Å². The summed E-state index contributed by atoms with van der Waals surface area (Å²) in [5.41, 5.74) is 0.843. The van der Waals surface area contributed by atoms with E-state index >= 15 is 0 Å². The molecular formula is C9H7FN2O2. The number of nitrogens with one attached hydrogen (secondary N) is 1. The van der Waals surface area contributed by atoms with Gasteiger partial charge in [0.25, 0.3) is 5.69 Å². The molecule has 4 nitrogen and oxygen atoms in total. The molecule has 0 aliphatic heterocycles. The molecule has 0 atom stereocenters. The minimum Gasteiger partial charge on any atom is -0.353 e. The molecule has 5 heteroatoms. The Labute approximate surface area is 78.5 Å². The topological polar surface area (TPSA) is 58.9 Å². The summed E-state index contributed by atoms with van der Waals surface area (Å²) >= 11 is 0. The van der Waals surface area contributed by atoms with Crippen LogP contribution in [0, 0.1) is 22.9 Å². The van der Waals surface area contributed by atoms with Gasteiger partial charge in [-0.3, -0.25) is 10.1 Å². The number of benzene rings is 1. The Morgan fingerprint density at radius 1 is 1.50 bits per heavy atom. The summed E-state index contributed by atoms with van der Waals surface area (Å²) in [5.74, 6) is -0.449. The molecule has 0 saturated carbocycles. The van der Waals surface area contributed by atoms with E-state index in [9.17, 15) is 14.5 Å². The maximum absolute atomic E-state index is 13.2. The normalized spacial score (nSPS) is 10.7. The summed E-state index contributed by atoms with van der Waals surface area (Å²) in [6.07, 6.45) is 0.